The summed E-state index contributed by atoms with van der Waals surface area (Å²) in [5.74, 6) is -2.13. The molecule has 7 nitrogen and oxygen atoms in total. The molecule has 7 heteroatoms. The highest BCUT2D eigenvalue weighted by Gasteiger charge is 2.13. The number of amides is 2. The van der Waals surface area contributed by atoms with Gasteiger partial charge < -0.3 is 10.1 Å². The van der Waals surface area contributed by atoms with Gasteiger partial charge in [-0.15, -0.1) is 0 Å². The fraction of sp³-hybridized carbons (Fsp3) is 0.158. The minimum atomic E-state index is -0.883. The SMILES string of the molecule is COC(=O)c1ccc(C=NNC(=O)C(=O)Nc2cc(C)cc(C)c2)cc1. The third-order valence-corrected chi connectivity index (χ3v) is 3.40. The zero-order chi connectivity index (χ0) is 19.1. The second-order valence-electron chi connectivity index (χ2n) is 5.64. The molecule has 0 bridgehead atoms. The minimum Gasteiger partial charge on any atom is -0.465 e. The van der Waals surface area contributed by atoms with Crippen molar-refractivity contribution in [3.63, 3.8) is 0 Å². The van der Waals surface area contributed by atoms with E-state index in [0.29, 0.717) is 16.8 Å². The van der Waals surface area contributed by atoms with Crippen LogP contribution in [0.1, 0.15) is 27.0 Å². The number of rotatable bonds is 4. The molecule has 2 amide bonds. The quantitative estimate of drug-likeness (QED) is 0.381. The van der Waals surface area contributed by atoms with Crippen LogP contribution in [0.2, 0.25) is 0 Å². The standard InChI is InChI=1S/C19H19N3O4/c1-12-8-13(2)10-16(9-12)21-17(23)18(24)22-20-11-14-4-6-15(7-5-14)19(25)26-3/h4-11H,1-3H3,(H,21,23)(H,22,24). The van der Waals surface area contributed by atoms with E-state index in [1.807, 2.05) is 19.9 Å². The molecule has 0 fully saturated rings. The van der Waals surface area contributed by atoms with Crippen molar-refractivity contribution >= 4 is 29.7 Å². The molecular formula is C19H19N3O4. The van der Waals surface area contributed by atoms with Gasteiger partial charge in [0.2, 0.25) is 0 Å². The molecule has 0 heterocycles. The number of hydrogen-bond donors (Lipinski definition) is 2. The maximum atomic E-state index is 11.9. The number of carbonyl (C=O) groups is 3. The van der Waals surface area contributed by atoms with Gasteiger partial charge in [-0.2, -0.15) is 5.10 Å². The third kappa shape index (κ3) is 5.27. The Labute approximate surface area is 151 Å². The molecule has 0 saturated carbocycles. The highest BCUT2D eigenvalue weighted by Crippen LogP contribution is 2.13. The Hall–Kier alpha value is -3.48. The number of benzene rings is 2. The topological polar surface area (TPSA) is 96.9 Å². The van der Waals surface area contributed by atoms with Crippen molar-refractivity contribution in [3.8, 4) is 0 Å². The summed E-state index contributed by atoms with van der Waals surface area (Å²) in [6.07, 6.45) is 1.36. The molecule has 0 radical (unpaired) electrons. The Bertz CT molecular complexity index is 837. The number of aryl methyl sites for hydroxylation is 2. The van der Waals surface area contributed by atoms with E-state index in [1.165, 1.54) is 13.3 Å². The number of anilines is 1. The zero-order valence-electron chi connectivity index (χ0n) is 14.7. The zero-order valence-corrected chi connectivity index (χ0v) is 14.7. The van der Waals surface area contributed by atoms with Gasteiger partial charge in [-0.05, 0) is 54.8 Å². The Balaban J connectivity index is 1.91. The van der Waals surface area contributed by atoms with Crippen LogP contribution < -0.4 is 10.7 Å². The number of nitrogens with zero attached hydrogens (tertiary/aromatic N) is 1. The molecular weight excluding hydrogens is 334 g/mol. The van der Waals surface area contributed by atoms with Crippen LogP contribution in [0, 0.1) is 13.8 Å². The van der Waals surface area contributed by atoms with Crippen molar-refractivity contribution in [3.05, 3.63) is 64.7 Å². The summed E-state index contributed by atoms with van der Waals surface area (Å²) in [5, 5.41) is 6.25. The van der Waals surface area contributed by atoms with E-state index in [9.17, 15) is 14.4 Å². The maximum absolute atomic E-state index is 11.9. The van der Waals surface area contributed by atoms with Gasteiger partial charge in [-0.3, -0.25) is 9.59 Å². The van der Waals surface area contributed by atoms with Crippen LogP contribution in [0.3, 0.4) is 0 Å². The second kappa shape index (κ2) is 8.57. The second-order valence-corrected chi connectivity index (χ2v) is 5.64. The van der Waals surface area contributed by atoms with Gasteiger partial charge in [0.05, 0.1) is 18.9 Å². The van der Waals surface area contributed by atoms with Crippen LogP contribution in [-0.2, 0) is 14.3 Å². The average molecular weight is 353 g/mol. The van der Waals surface area contributed by atoms with Crippen LogP contribution in [0.5, 0.6) is 0 Å². The predicted molar refractivity (Wildman–Crippen MR) is 98.1 cm³/mol. The average Bonchev–Trinajstić information content (AvgIpc) is 2.60. The number of esters is 1. The van der Waals surface area contributed by atoms with Crippen LogP contribution in [0.4, 0.5) is 5.69 Å². The van der Waals surface area contributed by atoms with E-state index in [1.54, 1.807) is 36.4 Å². The smallest absolute Gasteiger partial charge is 0.337 e. The Kier molecular flexibility index (Phi) is 6.21. The molecule has 0 aliphatic carbocycles. The molecule has 0 atom stereocenters. The van der Waals surface area contributed by atoms with Crippen molar-refractivity contribution in [2.24, 2.45) is 5.10 Å². The van der Waals surface area contributed by atoms with Crippen LogP contribution in [-0.4, -0.2) is 31.1 Å². The van der Waals surface area contributed by atoms with Crippen molar-refractivity contribution in [2.45, 2.75) is 13.8 Å². The van der Waals surface area contributed by atoms with Crippen LogP contribution in [0.15, 0.2) is 47.6 Å². The van der Waals surface area contributed by atoms with Gasteiger partial charge >= 0.3 is 17.8 Å². The number of ether oxygens (including phenoxy) is 1. The third-order valence-electron chi connectivity index (χ3n) is 3.40. The molecule has 2 aromatic rings. The molecule has 0 unspecified atom stereocenters. The van der Waals surface area contributed by atoms with E-state index >= 15 is 0 Å². The van der Waals surface area contributed by atoms with Gasteiger partial charge in [-0.25, -0.2) is 10.2 Å². The summed E-state index contributed by atoms with van der Waals surface area (Å²) in [6.45, 7) is 3.80. The molecule has 0 aliphatic rings. The maximum Gasteiger partial charge on any atom is 0.337 e. The molecule has 134 valence electrons. The Morgan fingerprint density at radius 1 is 0.962 bits per heavy atom. The molecule has 0 spiro atoms. The van der Waals surface area contributed by atoms with Crippen molar-refractivity contribution < 1.29 is 19.1 Å². The summed E-state index contributed by atoms with van der Waals surface area (Å²) < 4.78 is 4.60. The van der Waals surface area contributed by atoms with E-state index < -0.39 is 17.8 Å². The van der Waals surface area contributed by atoms with Gasteiger partial charge in [0.15, 0.2) is 0 Å². The van der Waals surface area contributed by atoms with E-state index in [-0.39, 0.29) is 0 Å². The number of carbonyl (C=O) groups excluding carboxylic acids is 3. The summed E-state index contributed by atoms with van der Waals surface area (Å²) in [6, 6.07) is 11.9. The molecule has 2 aromatic carbocycles. The monoisotopic (exact) mass is 353 g/mol. The highest BCUT2D eigenvalue weighted by molar-refractivity contribution is 6.39. The Morgan fingerprint density at radius 2 is 1.58 bits per heavy atom. The van der Waals surface area contributed by atoms with Crippen molar-refractivity contribution in [2.75, 3.05) is 12.4 Å². The number of hydrazone groups is 1. The highest BCUT2D eigenvalue weighted by atomic mass is 16.5. The van der Waals surface area contributed by atoms with Crippen molar-refractivity contribution in [1.82, 2.24) is 5.43 Å². The first-order valence-electron chi connectivity index (χ1n) is 7.80. The normalized spacial score (nSPS) is 10.4. The fourth-order valence-electron chi connectivity index (χ4n) is 2.27. The van der Waals surface area contributed by atoms with Gasteiger partial charge in [0.1, 0.15) is 0 Å². The summed E-state index contributed by atoms with van der Waals surface area (Å²) >= 11 is 0. The first kappa shape index (κ1) is 18.9. The van der Waals surface area contributed by atoms with Crippen LogP contribution in [0.25, 0.3) is 0 Å². The first-order chi connectivity index (χ1) is 12.4. The van der Waals surface area contributed by atoms with Gasteiger partial charge in [0.25, 0.3) is 0 Å². The van der Waals surface area contributed by atoms with E-state index in [0.717, 1.165) is 11.1 Å². The van der Waals surface area contributed by atoms with Crippen LogP contribution >= 0.6 is 0 Å². The summed E-state index contributed by atoms with van der Waals surface area (Å²) in [5.41, 5.74) is 5.71. The molecule has 2 N–H and O–H groups in total. The van der Waals surface area contributed by atoms with Crippen molar-refractivity contribution in [1.29, 1.82) is 0 Å². The van der Waals surface area contributed by atoms with E-state index in [4.69, 9.17) is 0 Å². The summed E-state index contributed by atoms with van der Waals surface area (Å²) in [7, 11) is 1.30. The molecule has 0 aromatic heterocycles. The van der Waals surface area contributed by atoms with Gasteiger partial charge in [-0.1, -0.05) is 18.2 Å². The van der Waals surface area contributed by atoms with Gasteiger partial charge in [0, 0.05) is 5.69 Å². The lowest BCUT2D eigenvalue weighted by Gasteiger charge is -2.06. The first-order valence-corrected chi connectivity index (χ1v) is 7.80. The molecule has 0 saturated heterocycles. The largest absolute Gasteiger partial charge is 0.465 e. The number of nitrogens with one attached hydrogen (secondary N) is 2. The molecule has 26 heavy (non-hydrogen) atoms. The number of methoxy groups -OCH3 is 1. The lowest BCUT2D eigenvalue weighted by Crippen LogP contribution is -2.32. The lowest BCUT2D eigenvalue weighted by molar-refractivity contribution is -0.136. The predicted octanol–water partition coefficient (Wildman–Crippen LogP) is 2.18. The summed E-state index contributed by atoms with van der Waals surface area (Å²) in [4.78, 5) is 35.0. The fourth-order valence-corrected chi connectivity index (χ4v) is 2.27. The number of hydrogen-bond acceptors (Lipinski definition) is 5. The van der Waals surface area contributed by atoms with E-state index in [2.05, 4.69) is 20.6 Å². The molecule has 2 rings (SSSR count). The molecule has 0 aliphatic heterocycles. The lowest BCUT2D eigenvalue weighted by atomic mass is 10.1. The Morgan fingerprint density at radius 3 is 2.15 bits per heavy atom. The minimum absolute atomic E-state index is 0.404.